The number of carbonyl (C=O) groups is 1. The molecule has 7 heteroatoms. The first-order valence-electron chi connectivity index (χ1n) is 11.0. The van der Waals surface area contributed by atoms with Crippen molar-refractivity contribution in [1.29, 1.82) is 0 Å². The number of ether oxygens (including phenoxy) is 2. The number of aromatic nitrogens is 2. The summed E-state index contributed by atoms with van der Waals surface area (Å²) in [5, 5.41) is 7.36. The van der Waals surface area contributed by atoms with E-state index in [1.54, 1.807) is 0 Å². The van der Waals surface area contributed by atoms with Gasteiger partial charge in [-0.15, -0.1) is 11.3 Å². The Morgan fingerprint density at radius 3 is 2.81 bits per heavy atom. The number of amides is 1. The molecule has 3 aliphatic rings. The van der Waals surface area contributed by atoms with Crippen molar-refractivity contribution in [3.05, 3.63) is 63.8 Å². The molecule has 0 unspecified atom stereocenters. The second-order valence-corrected chi connectivity index (χ2v) is 9.67. The molecule has 0 aliphatic carbocycles. The largest absolute Gasteiger partial charge is 0.376 e. The minimum Gasteiger partial charge on any atom is -0.376 e. The van der Waals surface area contributed by atoms with Crippen molar-refractivity contribution in [1.82, 2.24) is 15.1 Å². The molecule has 2 aromatic heterocycles. The Balaban J connectivity index is 1.23. The zero-order chi connectivity index (χ0) is 20.8. The second-order valence-electron chi connectivity index (χ2n) is 8.53. The first kappa shape index (κ1) is 19.2. The number of nitrogens with zero attached hydrogens (tertiary/aromatic N) is 2. The Hall–Kier alpha value is -2.48. The molecule has 160 valence electrons. The zero-order valence-electron chi connectivity index (χ0n) is 17.4. The fourth-order valence-corrected chi connectivity index (χ4v) is 6.32. The molecule has 0 saturated carbocycles. The first-order valence-corrected chi connectivity index (χ1v) is 11.8. The smallest absolute Gasteiger partial charge is 0.274 e. The van der Waals surface area contributed by atoms with Crippen molar-refractivity contribution < 1.29 is 14.3 Å². The third-order valence-electron chi connectivity index (χ3n) is 6.82. The Labute approximate surface area is 185 Å². The average molecular weight is 436 g/mol. The number of hydrogen-bond donors (Lipinski definition) is 1. The molecule has 31 heavy (non-hydrogen) atoms. The molecule has 0 radical (unpaired) electrons. The lowest BCUT2D eigenvalue weighted by atomic mass is 9.82. The van der Waals surface area contributed by atoms with E-state index < -0.39 is 0 Å². The van der Waals surface area contributed by atoms with Crippen molar-refractivity contribution >= 4 is 17.2 Å². The lowest BCUT2D eigenvalue weighted by Crippen LogP contribution is -2.48. The number of carbonyl (C=O) groups excluding carboxylic acids is 1. The van der Waals surface area contributed by atoms with Crippen molar-refractivity contribution in [2.75, 3.05) is 26.3 Å². The van der Waals surface area contributed by atoms with Gasteiger partial charge in [-0.25, -0.2) is 0 Å². The van der Waals surface area contributed by atoms with Gasteiger partial charge in [-0.3, -0.25) is 9.89 Å². The summed E-state index contributed by atoms with van der Waals surface area (Å²) in [6, 6.07) is 12.9. The predicted molar refractivity (Wildman–Crippen MR) is 118 cm³/mol. The summed E-state index contributed by atoms with van der Waals surface area (Å²) >= 11 is 1.89. The fraction of sp³-hybridized carbons (Fsp3) is 0.417. The Kier molecular flexibility index (Phi) is 4.70. The van der Waals surface area contributed by atoms with Gasteiger partial charge in [-0.2, -0.15) is 5.10 Å². The van der Waals surface area contributed by atoms with Gasteiger partial charge < -0.3 is 14.4 Å². The maximum Gasteiger partial charge on any atom is 0.274 e. The Morgan fingerprint density at radius 2 is 1.97 bits per heavy atom. The topological polar surface area (TPSA) is 67.5 Å². The molecule has 0 bridgehead atoms. The van der Waals surface area contributed by atoms with E-state index in [1.807, 2.05) is 16.2 Å². The van der Waals surface area contributed by atoms with E-state index in [0.29, 0.717) is 32.0 Å². The van der Waals surface area contributed by atoms with Crippen LogP contribution in [0.15, 0.2) is 36.4 Å². The maximum absolute atomic E-state index is 13.2. The second kappa shape index (κ2) is 7.58. The van der Waals surface area contributed by atoms with E-state index in [2.05, 4.69) is 46.6 Å². The van der Waals surface area contributed by atoms with Crippen LogP contribution in [0, 0.1) is 0 Å². The normalized spacial score (nSPS) is 19.8. The predicted octanol–water partition coefficient (Wildman–Crippen LogP) is 3.92. The molecular formula is C24H25N3O3S. The molecule has 1 aromatic carbocycles. The summed E-state index contributed by atoms with van der Waals surface area (Å²) in [6.45, 7) is 3.25. The number of piperidine rings is 1. The highest BCUT2D eigenvalue weighted by Crippen LogP contribution is 2.46. The van der Waals surface area contributed by atoms with E-state index in [4.69, 9.17) is 9.47 Å². The van der Waals surface area contributed by atoms with Gasteiger partial charge in [0.1, 0.15) is 0 Å². The van der Waals surface area contributed by atoms with Gasteiger partial charge in [-0.05, 0) is 30.0 Å². The van der Waals surface area contributed by atoms with Crippen LogP contribution in [-0.4, -0.2) is 47.3 Å². The zero-order valence-corrected chi connectivity index (χ0v) is 18.2. The summed E-state index contributed by atoms with van der Waals surface area (Å²) in [7, 11) is 0. The monoisotopic (exact) mass is 435 g/mol. The number of H-pyrrole nitrogens is 1. The quantitative estimate of drug-likeness (QED) is 0.663. The fourth-order valence-electron chi connectivity index (χ4n) is 5.08. The van der Waals surface area contributed by atoms with E-state index in [9.17, 15) is 4.79 Å². The van der Waals surface area contributed by atoms with Crippen LogP contribution < -0.4 is 0 Å². The van der Waals surface area contributed by atoms with Gasteiger partial charge >= 0.3 is 0 Å². The van der Waals surface area contributed by atoms with Crippen LogP contribution >= 0.6 is 11.3 Å². The number of likely N-dealkylation sites (tertiary alicyclic amines) is 1. The van der Waals surface area contributed by atoms with Gasteiger partial charge in [0.15, 0.2) is 5.69 Å². The van der Waals surface area contributed by atoms with Crippen LogP contribution in [0.5, 0.6) is 0 Å². The standard InChI is InChI=1S/C24H25N3O3S/c28-23(22-17-15-29-12-6-19(17)25-26-22)27-10-8-24(9-11-27)18-14-21(16-4-2-1-3-5-16)31-20(18)7-13-30-24/h1-5,14H,6-13,15H2,(H,25,26). The number of fused-ring (bicyclic) bond motifs is 3. The molecule has 6 rings (SSSR count). The van der Waals surface area contributed by atoms with E-state index in [1.165, 1.54) is 20.9 Å². The Bertz CT molecular complexity index is 1110. The molecule has 1 saturated heterocycles. The van der Waals surface area contributed by atoms with Crippen LogP contribution in [-0.2, 0) is 34.5 Å². The molecule has 3 aromatic rings. The molecule has 1 N–H and O–H groups in total. The molecule has 6 nitrogen and oxygen atoms in total. The molecule has 1 spiro atoms. The molecule has 3 aliphatic heterocycles. The SMILES string of the molecule is O=C(c1n[nH]c2c1COCC2)N1CCC2(CC1)OCCc1sc(-c3ccccc3)cc12. The number of thiophene rings is 1. The van der Waals surface area contributed by atoms with Crippen molar-refractivity contribution in [3.8, 4) is 10.4 Å². The number of aromatic amines is 1. The number of hydrogen-bond acceptors (Lipinski definition) is 5. The van der Waals surface area contributed by atoms with Crippen molar-refractivity contribution in [2.24, 2.45) is 0 Å². The minimum atomic E-state index is -0.276. The summed E-state index contributed by atoms with van der Waals surface area (Å²) in [5.74, 6) is 0.00387. The highest BCUT2D eigenvalue weighted by atomic mass is 32.1. The van der Waals surface area contributed by atoms with Gasteiger partial charge in [0, 0.05) is 46.9 Å². The first-order chi connectivity index (χ1) is 15.2. The molecule has 0 atom stereocenters. The lowest BCUT2D eigenvalue weighted by Gasteiger charge is -2.44. The van der Waals surface area contributed by atoms with E-state index >= 15 is 0 Å². The minimum absolute atomic E-state index is 0.00387. The summed E-state index contributed by atoms with van der Waals surface area (Å²) < 4.78 is 12.0. The van der Waals surface area contributed by atoms with Gasteiger partial charge in [0.05, 0.1) is 25.4 Å². The summed E-state index contributed by atoms with van der Waals surface area (Å²) in [5.41, 5.74) is 4.81. The highest BCUT2D eigenvalue weighted by molar-refractivity contribution is 7.15. The van der Waals surface area contributed by atoms with E-state index in [-0.39, 0.29) is 11.5 Å². The van der Waals surface area contributed by atoms with Crippen LogP contribution in [0.1, 0.15) is 45.0 Å². The molecule has 5 heterocycles. The molecule has 1 fully saturated rings. The molecule has 1 amide bonds. The van der Waals surface area contributed by atoms with Crippen molar-refractivity contribution in [3.63, 3.8) is 0 Å². The maximum atomic E-state index is 13.2. The highest BCUT2D eigenvalue weighted by Gasteiger charge is 2.43. The summed E-state index contributed by atoms with van der Waals surface area (Å²) in [4.78, 5) is 17.9. The average Bonchev–Trinajstić information content (AvgIpc) is 3.45. The molecular weight excluding hydrogens is 410 g/mol. The van der Waals surface area contributed by atoms with Crippen LogP contribution in [0.2, 0.25) is 0 Å². The van der Waals surface area contributed by atoms with Gasteiger partial charge in [0.25, 0.3) is 5.91 Å². The number of benzene rings is 1. The number of rotatable bonds is 2. The van der Waals surface area contributed by atoms with Crippen LogP contribution in [0.3, 0.4) is 0 Å². The summed E-state index contributed by atoms with van der Waals surface area (Å²) in [6.07, 6.45) is 3.40. The lowest BCUT2D eigenvalue weighted by molar-refractivity contribution is -0.0926. The third kappa shape index (κ3) is 3.23. The van der Waals surface area contributed by atoms with Crippen LogP contribution in [0.4, 0.5) is 0 Å². The van der Waals surface area contributed by atoms with Crippen molar-refractivity contribution in [2.45, 2.75) is 37.9 Å². The number of nitrogens with one attached hydrogen (secondary N) is 1. The van der Waals surface area contributed by atoms with E-state index in [0.717, 1.165) is 43.5 Å². The van der Waals surface area contributed by atoms with Crippen LogP contribution in [0.25, 0.3) is 10.4 Å². The third-order valence-corrected chi connectivity index (χ3v) is 8.07. The van der Waals surface area contributed by atoms with Gasteiger partial charge in [-0.1, -0.05) is 30.3 Å². The van der Waals surface area contributed by atoms with Gasteiger partial charge in [0.2, 0.25) is 0 Å². The Morgan fingerprint density at radius 1 is 1.13 bits per heavy atom.